The summed E-state index contributed by atoms with van der Waals surface area (Å²) in [4.78, 5) is 10.3. The van der Waals surface area contributed by atoms with Crippen LogP contribution < -0.4 is 14.8 Å². The van der Waals surface area contributed by atoms with Crippen LogP contribution in [0.1, 0.15) is 0 Å². The first kappa shape index (κ1) is 11.5. The number of likely N-dealkylation sites (N-methyl/N-ethyl adjacent to an activating group) is 1. The highest BCUT2D eigenvalue weighted by Gasteiger charge is 2.05. The van der Waals surface area contributed by atoms with Crippen molar-refractivity contribution in [2.24, 2.45) is 5.18 Å². The molecule has 0 unspecified atom stereocenters. The van der Waals surface area contributed by atoms with Crippen molar-refractivity contribution >= 4 is 5.69 Å². The Balaban J connectivity index is 2.73. The van der Waals surface area contributed by atoms with E-state index < -0.39 is 0 Å². The number of methoxy groups -OCH3 is 1. The van der Waals surface area contributed by atoms with E-state index in [1.54, 1.807) is 18.2 Å². The average Bonchev–Trinajstić information content (AvgIpc) is 2.29. The summed E-state index contributed by atoms with van der Waals surface area (Å²) in [6.07, 6.45) is 0. The van der Waals surface area contributed by atoms with Gasteiger partial charge in [-0.2, -0.15) is 0 Å². The van der Waals surface area contributed by atoms with Crippen LogP contribution in [0.4, 0.5) is 5.69 Å². The average molecular weight is 210 g/mol. The molecule has 0 aliphatic rings. The summed E-state index contributed by atoms with van der Waals surface area (Å²) in [7, 11) is 3.37. The van der Waals surface area contributed by atoms with E-state index in [4.69, 9.17) is 9.47 Å². The molecule has 0 heterocycles. The van der Waals surface area contributed by atoms with Gasteiger partial charge in [0.2, 0.25) is 0 Å². The second kappa shape index (κ2) is 5.98. The molecule has 0 amide bonds. The molecular formula is C10H14N2O3. The number of rotatable bonds is 6. The van der Waals surface area contributed by atoms with E-state index in [0.717, 1.165) is 6.54 Å². The Hall–Kier alpha value is -1.62. The lowest BCUT2D eigenvalue weighted by molar-refractivity contribution is 0.295. The van der Waals surface area contributed by atoms with Crippen molar-refractivity contribution in [3.05, 3.63) is 23.1 Å². The highest BCUT2D eigenvalue weighted by Crippen LogP contribution is 2.31. The van der Waals surface area contributed by atoms with Crippen LogP contribution in [0.5, 0.6) is 11.5 Å². The monoisotopic (exact) mass is 210 g/mol. The van der Waals surface area contributed by atoms with Gasteiger partial charge in [-0.3, -0.25) is 0 Å². The second-order valence-corrected chi connectivity index (χ2v) is 2.88. The van der Waals surface area contributed by atoms with Crippen molar-refractivity contribution in [1.82, 2.24) is 5.32 Å². The lowest BCUT2D eigenvalue weighted by Gasteiger charge is -2.10. The molecule has 1 aromatic rings. The largest absolute Gasteiger partial charge is 0.493 e. The predicted molar refractivity (Wildman–Crippen MR) is 57.9 cm³/mol. The molecule has 1 aromatic carbocycles. The van der Waals surface area contributed by atoms with Crippen molar-refractivity contribution in [3.8, 4) is 11.5 Å². The van der Waals surface area contributed by atoms with E-state index in [1.165, 1.54) is 7.11 Å². The van der Waals surface area contributed by atoms with E-state index in [-0.39, 0.29) is 0 Å². The van der Waals surface area contributed by atoms with Gasteiger partial charge in [-0.25, -0.2) is 0 Å². The van der Waals surface area contributed by atoms with E-state index in [0.29, 0.717) is 23.8 Å². The number of nitrogens with one attached hydrogen (secondary N) is 1. The molecule has 0 radical (unpaired) electrons. The summed E-state index contributed by atoms with van der Waals surface area (Å²) in [5.74, 6) is 1.13. The summed E-state index contributed by atoms with van der Waals surface area (Å²) < 4.78 is 10.5. The minimum absolute atomic E-state index is 0.327. The van der Waals surface area contributed by atoms with Crippen LogP contribution in [0.25, 0.3) is 0 Å². The van der Waals surface area contributed by atoms with Gasteiger partial charge in [0.15, 0.2) is 11.5 Å². The Bertz CT molecular complexity index is 328. The van der Waals surface area contributed by atoms with Crippen LogP contribution in [-0.4, -0.2) is 27.3 Å². The molecule has 0 fully saturated rings. The Morgan fingerprint density at radius 2 is 2.20 bits per heavy atom. The maximum Gasteiger partial charge on any atom is 0.163 e. The number of ether oxygens (including phenoxy) is 2. The number of hydrogen-bond acceptors (Lipinski definition) is 5. The maximum absolute atomic E-state index is 10.3. The predicted octanol–water partition coefficient (Wildman–Crippen LogP) is 1.69. The van der Waals surface area contributed by atoms with Gasteiger partial charge < -0.3 is 14.8 Å². The summed E-state index contributed by atoms with van der Waals surface area (Å²) >= 11 is 0. The van der Waals surface area contributed by atoms with Crippen LogP contribution >= 0.6 is 0 Å². The third-order valence-electron chi connectivity index (χ3n) is 1.86. The Kier molecular flexibility index (Phi) is 4.56. The Labute approximate surface area is 88.4 Å². The molecule has 1 rings (SSSR count). The molecule has 0 aromatic heterocycles. The van der Waals surface area contributed by atoms with Crippen LogP contribution in [0.3, 0.4) is 0 Å². The highest BCUT2D eigenvalue weighted by atomic mass is 16.5. The molecule has 82 valence electrons. The Morgan fingerprint density at radius 1 is 1.40 bits per heavy atom. The molecule has 15 heavy (non-hydrogen) atoms. The third kappa shape index (κ3) is 3.21. The summed E-state index contributed by atoms with van der Waals surface area (Å²) in [6.45, 7) is 1.29. The van der Waals surface area contributed by atoms with Gasteiger partial charge in [0, 0.05) is 12.6 Å². The SMILES string of the molecule is CNCCOc1ccc(N=O)cc1OC. The van der Waals surface area contributed by atoms with Crippen molar-refractivity contribution in [3.63, 3.8) is 0 Å². The first-order valence-electron chi connectivity index (χ1n) is 4.60. The van der Waals surface area contributed by atoms with E-state index in [9.17, 15) is 4.91 Å². The van der Waals surface area contributed by atoms with Crippen LogP contribution in [0.15, 0.2) is 23.4 Å². The van der Waals surface area contributed by atoms with Crippen molar-refractivity contribution < 1.29 is 9.47 Å². The summed E-state index contributed by atoms with van der Waals surface area (Å²) in [5.41, 5.74) is 0.327. The fourth-order valence-electron chi connectivity index (χ4n) is 1.10. The zero-order valence-electron chi connectivity index (χ0n) is 8.82. The van der Waals surface area contributed by atoms with Gasteiger partial charge in [-0.15, -0.1) is 4.91 Å². The van der Waals surface area contributed by atoms with Crippen LogP contribution in [0, 0.1) is 4.91 Å². The molecule has 5 heteroatoms. The van der Waals surface area contributed by atoms with Crippen molar-refractivity contribution in [1.29, 1.82) is 0 Å². The fraction of sp³-hybridized carbons (Fsp3) is 0.400. The van der Waals surface area contributed by atoms with Crippen LogP contribution in [0.2, 0.25) is 0 Å². The highest BCUT2D eigenvalue weighted by molar-refractivity contribution is 5.51. The zero-order valence-corrected chi connectivity index (χ0v) is 8.82. The third-order valence-corrected chi connectivity index (χ3v) is 1.86. The minimum Gasteiger partial charge on any atom is -0.493 e. The molecule has 0 spiro atoms. The molecule has 0 saturated heterocycles. The van der Waals surface area contributed by atoms with Gasteiger partial charge in [0.1, 0.15) is 12.3 Å². The van der Waals surface area contributed by atoms with Gasteiger partial charge >= 0.3 is 0 Å². The zero-order chi connectivity index (χ0) is 11.1. The van der Waals surface area contributed by atoms with Crippen molar-refractivity contribution in [2.75, 3.05) is 27.3 Å². The lowest BCUT2D eigenvalue weighted by Crippen LogP contribution is -2.16. The molecule has 0 atom stereocenters. The molecule has 1 N–H and O–H groups in total. The maximum atomic E-state index is 10.3. The second-order valence-electron chi connectivity index (χ2n) is 2.88. The normalized spacial score (nSPS) is 9.73. The number of hydrogen-bond donors (Lipinski definition) is 1. The van der Waals surface area contributed by atoms with Crippen LogP contribution in [-0.2, 0) is 0 Å². The molecule has 0 bridgehead atoms. The van der Waals surface area contributed by atoms with Crippen molar-refractivity contribution in [2.45, 2.75) is 0 Å². The lowest BCUT2D eigenvalue weighted by atomic mass is 10.3. The van der Waals surface area contributed by atoms with E-state index >= 15 is 0 Å². The first-order valence-corrected chi connectivity index (χ1v) is 4.60. The number of nitroso groups, excluding NO2 is 1. The van der Waals surface area contributed by atoms with Gasteiger partial charge in [0.05, 0.1) is 7.11 Å². The molecule has 0 aliphatic heterocycles. The summed E-state index contributed by atoms with van der Waals surface area (Å²) in [6, 6.07) is 4.80. The standard InChI is InChI=1S/C10H14N2O3/c1-11-5-6-15-9-4-3-8(12-13)7-10(9)14-2/h3-4,7,11H,5-6H2,1-2H3. The molecule has 0 saturated carbocycles. The van der Waals surface area contributed by atoms with Gasteiger partial charge in [-0.05, 0) is 24.4 Å². The topological polar surface area (TPSA) is 59.9 Å². The fourth-order valence-corrected chi connectivity index (χ4v) is 1.10. The summed E-state index contributed by atoms with van der Waals surface area (Å²) in [5, 5.41) is 5.78. The number of benzene rings is 1. The smallest absolute Gasteiger partial charge is 0.163 e. The molecule has 0 aliphatic carbocycles. The Morgan fingerprint density at radius 3 is 2.80 bits per heavy atom. The van der Waals surface area contributed by atoms with Gasteiger partial charge in [-0.1, -0.05) is 0 Å². The van der Waals surface area contributed by atoms with Gasteiger partial charge in [0.25, 0.3) is 0 Å². The van der Waals surface area contributed by atoms with E-state index in [2.05, 4.69) is 10.5 Å². The quantitative estimate of drug-likeness (QED) is 0.573. The van der Waals surface area contributed by atoms with E-state index in [1.807, 2.05) is 7.05 Å². The first-order chi connectivity index (χ1) is 7.31. The minimum atomic E-state index is 0.327. The molecular weight excluding hydrogens is 196 g/mol. The molecule has 5 nitrogen and oxygen atoms in total. The number of nitrogens with zero attached hydrogens (tertiary/aromatic N) is 1.